The number of methoxy groups -OCH3 is 3. The van der Waals surface area contributed by atoms with Crippen molar-refractivity contribution in [1.29, 1.82) is 0 Å². The van der Waals surface area contributed by atoms with Crippen LogP contribution in [0.25, 0.3) is 6.08 Å². The summed E-state index contributed by atoms with van der Waals surface area (Å²) in [5.41, 5.74) is 1.37. The maximum Gasteiger partial charge on any atom is 0.335 e. The lowest BCUT2D eigenvalue weighted by molar-refractivity contribution is -0.122. The number of rotatable bonds is 5. The number of urea groups is 1. The smallest absolute Gasteiger partial charge is 0.335 e. The highest BCUT2D eigenvalue weighted by atomic mass is 16.5. The Labute approximate surface area is 167 Å². The number of hydrogen-bond acceptors (Lipinski definition) is 6. The fourth-order valence-electron chi connectivity index (χ4n) is 2.98. The summed E-state index contributed by atoms with van der Waals surface area (Å²) < 4.78 is 15.9. The van der Waals surface area contributed by atoms with Gasteiger partial charge >= 0.3 is 6.03 Å². The molecule has 0 saturated carbocycles. The first-order chi connectivity index (χ1) is 13.9. The number of nitrogens with zero attached hydrogens (tertiary/aromatic N) is 1. The number of anilines is 1. The molecule has 1 N–H and O–H groups in total. The van der Waals surface area contributed by atoms with Crippen LogP contribution in [0.15, 0.2) is 42.0 Å². The Kier molecular flexibility index (Phi) is 5.54. The van der Waals surface area contributed by atoms with E-state index in [1.54, 1.807) is 30.3 Å². The Morgan fingerprint density at radius 1 is 0.931 bits per heavy atom. The lowest BCUT2D eigenvalue weighted by Gasteiger charge is -2.26. The van der Waals surface area contributed by atoms with Gasteiger partial charge in [0.2, 0.25) is 0 Å². The molecule has 0 bridgehead atoms. The molecule has 4 amide bonds. The molecular weight excluding hydrogens is 376 g/mol. The number of barbiturate groups is 1. The zero-order valence-electron chi connectivity index (χ0n) is 16.4. The molecule has 3 rings (SSSR count). The van der Waals surface area contributed by atoms with Gasteiger partial charge in [-0.15, -0.1) is 0 Å². The molecule has 1 aliphatic rings. The van der Waals surface area contributed by atoms with E-state index in [2.05, 4.69) is 5.32 Å². The summed E-state index contributed by atoms with van der Waals surface area (Å²) >= 11 is 0. The van der Waals surface area contributed by atoms with E-state index in [-0.39, 0.29) is 5.57 Å². The monoisotopic (exact) mass is 396 g/mol. The van der Waals surface area contributed by atoms with E-state index in [1.165, 1.54) is 27.4 Å². The quantitative estimate of drug-likeness (QED) is 0.617. The van der Waals surface area contributed by atoms with Crippen molar-refractivity contribution in [1.82, 2.24) is 5.32 Å². The normalized spacial score (nSPS) is 15.4. The molecule has 1 heterocycles. The van der Waals surface area contributed by atoms with E-state index in [9.17, 15) is 14.4 Å². The third-order valence-electron chi connectivity index (χ3n) is 4.40. The van der Waals surface area contributed by atoms with Crippen molar-refractivity contribution in [3.05, 3.63) is 53.1 Å². The van der Waals surface area contributed by atoms with Crippen LogP contribution in [0.1, 0.15) is 11.1 Å². The second-order valence-corrected chi connectivity index (χ2v) is 6.24. The molecule has 2 aromatic carbocycles. The Hall–Kier alpha value is -3.81. The van der Waals surface area contributed by atoms with Crippen LogP contribution in [0, 0.1) is 6.92 Å². The molecule has 2 aromatic rings. The molecule has 0 unspecified atom stereocenters. The number of carbonyl (C=O) groups excluding carboxylic acids is 3. The predicted octanol–water partition coefficient (Wildman–Crippen LogP) is 2.69. The Morgan fingerprint density at radius 3 is 2.14 bits per heavy atom. The van der Waals surface area contributed by atoms with Crippen molar-refractivity contribution in [3.8, 4) is 17.2 Å². The number of ether oxygens (including phenoxy) is 3. The molecule has 1 saturated heterocycles. The van der Waals surface area contributed by atoms with Gasteiger partial charge in [0.15, 0.2) is 0 Å². The van der Waals surface area contributed by atoms with E-state index >= 15 is 0 Å². The number of hydrogen-bond donors (Lipinski definition) is 1. The molecule has 0 atom stereocenters. The van der Waals surface area contributed by atoms with E-state index in [4.69, 9.17) is 14.2 Å². The number of amides is 4. The number of carbonyl (C=O) groups is 3. The van der Waals surface area contributed by atoms with Crippen LogP contribution in [0.4, 0.5) is 10.5 Å². The van der Waals surface area contributed by atoms with E-state index < -0.39 is 17.8 Å². The second-order valence-electron chi connectivity index (χ2n) is 6.24. The van der Waals surface area contributed by atoms with Crippen molar-refractivity contribution in [2.45, 2.75) is 6.92 Å². The fraction of sp³-hybridized carbons (Fsp3) is 0.190. The molecule has 0 radical (unpaired) electrons. The van der Waals surface area contributed by atoms with Crippen molar-refractivity contribution in [3.63, 3.8) is 0 Å². The van der Waals surface area contributed by atoms with Gasteiger partial charge in [-0.3, -0.25) is 14.9 Å². The standard InChI is InChI=1S/C21H20N2O6/c1-12-6-5-7-13(8-12)23-20(25)16(19(24)22-21(23)26)11-15-17(28-3)9-14(27-2)10-18(15)29-4/h5-11H,1-4H3,(H,22,24,26)/b16-11+. The lowest BCUT2D eigenvalue weighted by atomic mass is 10.0. The molecule has 8 heteroatoms. The number of nitrogens with one attached hydrogen (secondary N) is 1. The van der Waals surface area contributed by atoms with Crippen LogP contribution in [0.2, 0.25) is 0 Å². The maximum absolute atomic E-state index is 13.1. The van der Waals surface area contributed by atoms with E-state index in [0.29, 0.717) is 28.5 Å². The molecule has 1 aliphatic heterocycles. The van der Waals surface area contributed by atoms with E-state index in [1.807, 2.05) is 13.0 Å². The average Bonchev–Trinajstić information content (AvgIpc) is 2.70. The predicted molar refractivity (Wildman–Crippen MR) is 106 cm³/mol. The molecule has 1 fully saturated rings. The summed E-state index contributed by atoms with van der Waals surface area (Å²) in [6.07, 6.45) is 1.34. The van der Waals surface area contributed by atoms with Gasteiger partial charge in [0, 0.05) is 12.1 Å². The zero-order chi connectivity index (χ0) is 21.1. The van der Waals surface area contributed by atoms with Crippen LogP contribution in [-0.2, 0) is 9.59 Å². The minimum atomic E-state index is -0.809. The summed E-state index contributed by atoms with van der Waals surface area (Å²) in [4.78, 5) is 38.7. The van der Waals surface area contributed by atoms with Gasteiger partial charge in [0.05, 0.1) is 32.6 Å². The molecule has 0 spiro atoms. The summed E-state index contributed by atoms with van der Waals surface area (Å²) in [6.45, 7) is 1.84. The third-order valence-corrected chi connectivity index (χ3v) is 4.40. The van der Waals surface area contributed by atoms with Crippen molar-refractivity contribution in [2.75, 3.05) is 26.2 Å². The van der Waals surface area contributed by atoms with Gasteiger partial charge in [0.1, 0.15) is 22.8 Å². The van der Waals surface area contributed by atoms with Crippen molar-refractivity contribution < 1.29 is 28.6 Å². The SMILES string of the molecule is COc1cc(OC)c(/C=C2\C(=O)NC(=O)N(c3cccc(C)c3)C2=O)c(OC)c1. The molecule has 29 heavy (non-hydrogen) atoms. The highest BCUT2D eigenvalue weighted by Gasteiger charge is 2.37. The molecule has 0 aliphatic carbocycles. The number of benzene rings is 2. The Balaban J connectivity index is 2.12. The largest absolute Gasteiger partial charge is 0.496 e. The Morgan fingerprint density at radius 2 is 1.59 bits per heavy atom. The first kappa shape index (κ1) is 19.9. The lowest BCUT2D eigenvalue weighted by Crippen LogP contribution is -2.54. The number of aryl methyl sites for hydroxylation is 1. The minimum absolute atomic E-state index is 0.229. The summed E-state index contributed by atoms with van der Waals surface area (Å²) in [5, 5.41) is 2.20. The van der Waals surface area contributed by atoms with Gasteiger partial charge in [-0.25, -0.2) is 9.69 Å². The summed E-state index contributed by atoms with van der Waals surface area (Å²) in [5.74, 6) is -0.383. The van der Waals surface area contributed by atoms with Crippen LogP contribution in [0.3, 0.4) is 0 Å². The summed E-state index contributed by atoms with van der Waals surface area (Å²) in [6, 6.07) is 9.25. The zero-order valence-corrected chi connectivity index (χ0v) is 16.4. The van der Waals surface area contributed by atoms with E-state index in [0.717, 1.165) is 10.5 Å². The van der Waals surface area contributed by atoms with Gasteiger partial charge < -0.3 is 14.2 Å². The van der Waals surface area contributed by atoms with Gasteiger partial charge in [0.25, 0.3) is 11.8 Å². The van der Waals surface area contributed by atoms with Gasteiger partial charge in [-0.1, -0.05) is 12.1 Å². The van der Waals surface area contributed by atoms with Crippen LogP contribution in [0.5, 0.6) is 17.2 Å². The molecule has 150 valence electrons. The van der Waals surface area contributed by atoms with Crippen LogP contribution >= 0.6 is 0 Å². The maximum atomic E-state index is 13.1. The fourth-order valence-corrected chi connectivity index (χ4v) is 2.98. The van der Waals surface area contributed by atoms with Gasteiger partial charge in [-0.2, -0.15) is 0 Å². The third kappa shape index (κ3) is 3.77. The highest BCUT2D eigenvalue weighted by molar-refractivity contribution is 6.39. The highest BCUT2D eigenvalue weighted by Crippen LogP contribution is 2.36. The minimum Gasteiger partial charge on any atom is -0.496 e. The number of imide groups is 2. The van der Waals surface area contributed by atoms with Crippen molar-refractivity contribution in [2.24, 2.45) is 0 Å². The second kappa shape index (κ2) is 8.05. The Bertz CT molecular complexity index is 1000. The molecule has 8 nitrogen and oxygen atoms in total. The topological polar surface area (TPSA) is 94.2 Å². The van der Waals surface area contributed by atoms with Crippen molar-refractivity contribution >= 4 is 29.6 Å². The first-order valence-electron chi connectivity index (χ1n) is 8.67. The first-order valence-corrected chi connectivity index (χ1v) is 8.67. The average molecular weight is 396 g/mol. The van der Waals surface area contributed by atoms with Gasteiger partial charge in [-0.05, 0) is 30.7 Å². The summed E-state index contributed by atoms with van der Waals surface area (Å²) in [7, 11) is 4.39. The molecule has 0 aromatic heterocycles. The van der Waals surface area contributed by atoms with Crippen LogP contribution in [-0.4, -0.2) is 39.2 Å². The van der Waals surface area contributed by atoms with Crippen LogP contribution < -0.4 is 24.4 Å². The molecular formula is C21H20N2O6.